The van der Waals surface area contributed by atoms with E-state index in [1.54, 1.807) is 23.2 Å². The molecular formula is C25H24N8O2. The molecule has 4 aromatic heterocycles. The van der Waals surface area contributed by atoms with E-state index in [1.807, 2.05) is 42.5 Å². The Kier molecular flexibility index (Phi) is 5.45. The molecule has 0 bridgehead atoms. The first-order valence-electron chi connectivity index (χ1n) is 11.7. The van der Waals surface area contributed by atoms with Crippen molar-refractivity contribution in [2.24, 2.45) is 0 Å². The summed E-state index contributed by atoms with van der Waals surface area (Å²) in [5, 5.41) is 15.1. The fourth-order valence-electron chi connectivity index (χ4n) is 4.38. The predicted octanol–water partition coefficient (Wildman–Crippen LogP) is 4.10. The number of piperidine rings is 1. The molecule has 10 nitrogen and oxygen atoms in total. The number of nitrogens with zero attached hydrogens (tertiary/aromatic N) is 6. The van der Waals surface area contributed by atoms with Crippen LogP contribution in [0.15, 0.2) is 65.4 Å². The molecule has 1 aliphatic rings. The molecule has 0 aliphatic carbocycles. The summed E-state index contributed by atoms with van der Waals surface area (Å²) in [5.74, 6) is 1.36. The number of fused-ring (bicyclic) bond motifs is 1. The molecule has 0 atom stereocenters. The molecule has 0 spiro atoms. The second kappa shape index (κ2) is 9.05. The Labute approximate surface area is 201 Å². The van der Waals surface area contributed by atoms with Gasteiger partial charge in [-0.25, -0.2) is 14.8 Å². The maximum atomic E-state index is 13.4. The van der Waals surface area contributed by atoms with Gasteiger partial charge in [0.1, 0.15) is 12.3 Å². The molecule has 6 rings (SSSR count). The zero-order valence-corrected chi connectivity index (χ0v) is 19.0. The molecule has 5 aromatic rings. The van der Waals surface area contributed by atoms with E-state index < -0.39 is 0 Å². The number of furan rings is 1. The van der Waals surface area contributed by atoms with Crippen LogP contribution in [-0.4, -0.2) is 48.9 Å². The van der Waals surface area contributed by atoms with Crippen molar-refractivity contribution in [1.29, 1.82) is 0 Å². The molecule has 1 amide bonds. The number of hydrogen-bond donors (Lipinski definition) is 2. The van der Waals surface area contributed by atoms with Crippen LogP contribution in [0, 0.1) is 0 Å². The lowest BCUT2D eigenvalue weighted by atomic mass is 10.1. The van der Waals surface area contributed by atoms with E-state index in [9.17, 15) is 4.79 Å². The normalized spacial score (nSPS) is 13.9. The number of anilines is 2. The number of rotatable bonds is 6. The van der Waals surface area contributed by atoms with E-state index in [0.29, 0.717) is 40.7 Å². The first kappa shape index (κ1) is 21.1. The summed E-state index contributed by atoms with van der Waals surface area (Å²) in [6.07, 6.45) is 6.75. The fraction of sp³-hybridized carbons (Fsp3) is 0.240. The van der Waals surface area contributed by atoms with Gasteiger partial charge in [-0.3, -0.25) is 10.1 Å². The molecule has 176 valence electrons. The summed E-state index contributed by atoms with van der Waals surface area (Å²) in [6, 6.07) is 15.3. The van der Waals surface area contributed by atoms with Crippen molar-refractivity contribution in [2.45, 2.75) is 25.8 Å². The molecule has 5 heterocycles. The molecular weight excluding hydrogens is 444 g/mol. The summed E-state index contributed by atoms with van der Waals surface area (Å²) in [5.41, 5.74) is 2.63. The van der Waals surface area contributed by atoms with Crippen molar-refractivity contribution in [3.05, 3.63) is 72.3 Å². The minimum atomic E-state index is -0.312. The van der Waals surface area contributed by atoms with E-state index in [4.69, 9.17) is 9.40 Å². The predicted molar refractivity (Wildman–Crippen MR) is 131 cm³/mol. The highest BCUT2D eigenvalue weighted by Gasteiger charge is 2.20. The average molecular weight is 469 g/mol. The van der Waals surface area contributed by atoms with Crippen LogP contribution in [0.1, 0.15) is 35.4 Å². The van der Waals surface area contributed by atoms with Gasteiger partial charge in [-0.15, -0.1) is 5.10 Å². The summed E-state index contributed by atoms with van der Waals surface area (Å²) >= 11 is 0. The lowest BCUT2D eigenvalue weighted by molar-refractivity contribution is 0.102. The highest BCUT2D eigenvalue weighted by molar-refractivity contribution is 6.12. The van der Waals surface area contributed by atoms with Gasteiger partial charge in [-0.05, 0) is 37.5 Å². The smallest absolute Gasteiger partial charge is 0.258 e. The van der Waals surface area contributed by atoms with E-state index in [-0.39, 0.29) is 5.91 Å². The summed E-state index contributed by atoms with van der Waals surface area (Å²) in [7, 11) is 0. The van der Waals surface area contributed by atoms with E-state index >= 15 is 0 Å². The molecule has 0 unspecified atom stereocenters. The zero-order valence-electron chi connectivity index (χ0n) is 19.0. The van der Waals surface area contributed by atoms with Gasteiger partial charge in [0.2, 0.25) is 11.9 Å². The summed E-state index contributed by atoms with van der Waals surface area (Å²) in [4.78, 5) is 24.9. The van der Waals surface area contributed by atoms with Crippen molar-refractivity contribution in [3.8, 4) is 11.3 Å². The monoisotopic (exact) mass is 468 g/mol. The average Bonchev–Trinajstić information content (AvgIpc) is 3.67. The van der Waals surface area contributed by atoms with Gasteiger partial charge < -0.3 is 9.32 Å². The van der Waals surface area contributed by atoms with Crippen molar-refractivity contribution >= 4 is 28.8 Å². The third-order valence-corrected chi connectivity index (χ3v) is 6.15. The number of aromatic amines is 1. The van der Waals surface area contributed by atoms with Gasteiger partial charge in [0, 0.05) is 18.7 Å². The maximum absolute atomic E-state index is 13.4. The van der Waals surface area contributed by atoms with Crippen LogP contribution in [0.25, 0.3) is 22.3 Å². The Bertz CT molecular complexity index is 1450. The minimum absolute atomic E-state index is 0.310. The van der Waals surface area contributed by atoms with Gasteiger partial charge in [0.15, 0.2) is 5.65 Å². The quantitative estimate of drug-likeness (QED) is 0.385. The molecule has 1 aliphatic heterocycles. The number of carbonyl (C=O) groups excluding carboxylic acids is 1. The van der Waals surface area contributed by atoms with E-state index in [2.05, 4.69) is 30.5 Å². The molecule has 1 fully saturated rings. The number of aromatic nitrogens is 6. The number of benzene rings is 1. The first-order chi connectivity index (χ1) is 17.2. The minimum Gasteiger partial charge on any atom is -0.467 e. The number of nitrogens with one attached hydrogen (secondary N) is 2. The Morgan fingerprint density at radius 1 is 1.06 bits per heavy atom. The number of carbonyl (C=O) groups is 1. The highest BCUT2D eigenvalue weighted by atomic mass is 16.3. The number of H-pyrrole nitrogens is 1. The molecule has 0 saturated carbocycles. The summed E-state index contributed by atoms with van der Waals surface area (Å²) < 4.78 is 7.22. The molecule has 2 N–H and O–H groups in total. The van der Waals surface area contributed by atoms with Crippen molar-refractivity contribution in [1.82, 2.24) is 29.9 Å². The van der Waals surface area contributed by atoms with Crippen LogP contribution < -0.4 is 10.2 Å². The van der Waals surface area contributed by atoms with E-state index in [0.717, 1.165) is 37.3 Å². The lowest BCUT2D eigenvalue weighted by Gasteiger charge is -2.24. The molecule has 10 heteroatoms. The number of hydrogen-bond acceptors (Lipinski definition) is 7. The van der Waals surface area contributed by atoms with Crippen LogP contribution in [0.5, 0.6) is 0 Å². The third-order valence-electron chi connectivity index (χ3n) is 6.15. The lowest BCUT2D eigenvalue weighted by Crippen LogP contribution is -2.30. The van der Waals surface area contributed by atoms with E-state index in [1.165, 1.54) is 6.42 Å². The zero-order chi connectivity index (χ0) is 23.6. The summed E-state index contributed by atoms with van der Waals surface area (Å²) in [6.45, 7) is 2.25. The van der Waals surface area contributed by atoms with Crippen molar-refractivity contribution in [3.63, 3.8) is 0 Å². The highest BCUT2D eigenvalue weighted by Crippen LogP contribution is 2.26. The van der Waals surface area contributed by atoms with Crippen molar-refractivity contribution < 1.29 is 9.21 Å². The van der Waals surface area contributed by atoms with Gasteiger partial charge in [0.25, 0.3) is 5.91 Å². The molecule has 1 saturated heterocycles. The van der Waals surface area contributed by atoms with Crippen molar-refractivity contribution in [2.75, 3.05) is 23.3 Å². The fourth-order valence-corrected chi connectivity index (χ4v) is 4.38. The molecule has 1 aromatic carbocycles. The van der Waals surface area contributed by atoms with Gasteiger partial charge in [0.05, 0.1) is 29.1 Å². The van der Waals surface area contributed by atoms with Crippen LogP contribution in [-0.2, 0) is 6.54 Å². The maximum Gasteiger partial charge on any atom is 0.258 e. The Morgan fingerprint density at radius 2 is 1.91 bits per heavy atom. The van der Waals surface area contributed by atoms with Crippen LogP contribution in [0.3, 0.4) is 0 Å². The third kappa shape index (κ3) is 4.25. The molecule has 35 heavy (non-hydrogen) atoms. The van der Waals surface area contributed by atoms with Gasteiger partial charge >= 0.3 is 0 Å². The number of pyridine rings is 1. The van der Waals surface area contributed by atoms with Crippen LogP contribution in [0.2, 0.25) is 0 Å². The van der Waals surface area contributed by atoms with Gasteiger partial charge in [-0.2, -0.15) is 10.1 Å². The number of amides is 1. The Balaban J connectivity index is 1.35. The Morgan fingerprint density at radius 3 is 2.71 bits per heavy atom. The van der Waals surface area contributed by atoms with Crippen LogP contribution >= 0.6 is 0 Å². The first-order valence-corrected chi connectivity index (χ1v) is 11.7. The van der Waals surface area contributed by atoms with Crippen LogP contribution in [0.4, 0.5) is 11.9 Å². The van der Waals surface area contributed by atoms with Gasteiger partial charge in [-0.1, -0.05) is 30.3 Å². The largest absolute Gasteiger partial charge is 0.467 e. The Hall–Kier alpha value is -4.47. The standard InChI is InChI=1S/C25H24N8O2/c34-23(28-24-29-25(31-30-24)32-11-5-2-6-12-32)19-14-21(17-8-3-1-4-9-17)27-22-20(19)15-26-33(22)16-18-10-7-13-35-18/h1,3-4,7-10,13-15H,2,5-6,11-12,16H2,(H2,28,29,30,31,34). The second-order valence-corrected chi connectivity index (χ2v) is 8.53. The second-order valence-electron chi connectivity index (χ2n) is 8.53. The molecule has 0 radical (unpaired) electrons. The topological polar surface area (TPSA) is 118 Å². The SMILES string of the molecule is O=C(Nc1nc(N2CCCCC2)n[nH]1)c1cc(-c2ccccc2)nc2c1cnn2Cc1ccco1.